The number of hydrogen-bond donors (Lipinski definition) is 3. The van der Waals surface area contributed by atoms with Crippen LogP contribution in [0.3, 0.4) is 0 Å². The first-order valence-electron chi connectivity index (χ1n) is 9.32. The minimum atomic E-state index is -0.667. The fourth-order valence-corrected chi connectivity index (χ4v) is 3.19. The molecule has 1 aromatic carbocycles. The van der Waals surface area contributed by atoms with Gasteiger partial charge < -0.3 is 20.7 Å². The van der Waals surface area contributed by atoms with Gasteiger partial charge >= 0.3 is 6.03 Å². The molecule has 1 aromatic heterocycles. The third kappa shape index (κ3) is 5.63. The Morgan fingerprint density at radius 1 is 1.00 bits per heavy atom. The zero-order valence-corrected chi connectivity index (χ0v) is 15.9. The highest BCUT2D eigenvalue weighted by atomic mass is 19.1. The molecule has 9 heteroatoms. The molecule has 3 amide bonds. The number of hydrogen-bond acceptors (Lipinski definition) is 4. The van der Waals surface area contributed by atoms with Crippen LogP contribution in [0.5, 0.6) is 11.6 Å². The van der Waals surface area contributed by atoms with E-state index >= 15 is 0 Å². The van der Waals surface area contributed by atoms with Gasteiger partial charge in [-0.05, 0) is 56.0 Å². The van der Waals surface area contributed by atoms with E-state index in [1.807, 2.05) is 0 Å². The van der Waals surface area contributed by atoms with Crippen LogP contribution in [0.25, 0.3) is 0 Å². The smallest absolute Gasteiger partial charge is 0.314 e. The van der Waals surface area contributed by atoms with Crippen molar-refractivity contribution in [3.63, 3.8) is 0 Å². The molecule has 1 aliphatic rings. The Bertz CT molecular complexity index is 869. The second-order valence-corrected chi connectivity index (χ2v) is 6.81. The SMILES string of the molecule is CNC(=O)NC1CCC(NC(=O)c2cc(F)cnc2Oc2ccc(F)cc2)CC1. The van der Waals surface area contributed by atoms with Crippen LogP contribution in [0.4, 0.5) is 13.6 Å². The van der Waals surface area contributed by atoms with Crippen LogP contribution < -0.4 is 20.7 Å². The largest absolute Gasteiger partial charge is 0.438 e. The lowest BCUT2D eigenvalue weighted by Crippen LogP contribution is -2.46. The maximum Gasteiger partial charge on any atom is 0.314 e. The first-order valence-corrected chi connectivity index (χ1v) is 9.32. The minimum absolute atomic E-state index is 0.0417. The third-order valence-corrected chi connectivity index (χ3v) is 4.72. The van der Waals surface area contributed by atoms with E-state index in [0.717, 1.165) is 25.1 Å². The van der Waals surface area contributed by atoms with Crippen molar-refractivity contribution >= 4 is 11.9 Å². The Hall–Kier alpha value is -3.23. The summed E-state index contributed by atoms with van der Waals surface area (Å²) in [5, 5.41) is 8.24. The molecule has 1 heterocycles. The highest BCUT2D eigenvalue weighted by Gasteiger charge is 2.25. The Balaban J connectivity index is 1.64. The monoisotopic (exact) mass is 404 g/mol. The molecular formula is C20H22F2N4O3. The molecule has 1 aliphatic carbocycles. The average Bonchev–Trinajstić information content (AvgIpc) is 2.72. The number of ether oxygens (including phenoxy) is 1. The van der Waals surface area contributed by atoms with Crippen molar-refractivity contribution in [3.05, 3.63) is 53.7 Å². The van der Waals surface area contributed by atoms with Crippen LogP contribution >= 0.6 is 0 Å². The highest BCUT2D eigenvalue weighted by molar-refractivity contribution is 5.96. The first kappa shape index (κ1) is 20.5. The lowest BCUT2D eigenvalue weighted by atomic mass is 9.91. The summed E-state index contributed by atoms with van der Waals surface area (Å²) in [6, 6.07) is 5.98. The summed E-state index contributed by atoms with van der Waals surface area (Å²) in [4.78, 5) is 27.9. The summed E-state index contributed by atoms with van der Waals surface area (Å²) in [7, 11) is 1.56. The molecule has 3 N–H and O–H groups in total. The molecule has 0 spiro atoms. The van der Waals surface area contributed by atoms with Crippen LogP contribution in [0.1, 0.15) is 36.0 Å². The molecule has 1 saturated carbocycles. The zero-order valence-electron chi connectivity index (χ0n) is 15.9. The molecule has 0 saturated heterocycles. The Morgan fingerprint density at radius 3 is 2.24 bits per heavy atom. The van der Waals surface area contributed by atoms with Gasteiger partial charge in [0.05, 0.1) is 6.20 Å². The number of nitrogens with one attached hydrogen (secondary N) is 3. The van der Waals surface area contributed by atoms with Gasteiger partial charge in [0.25, 0.3) is 5.91 Å². The summed E-state index contributed by atoms with van der Waals surface area (Å²) in [5.74, 6) is -1.38. The normalized spacial score (nSPS) is 18.6. The van der Waals surface area contributed by atoms with Gasteiger partial charge in [-0.1, -0.05) is 0 Å². The molecule has 2 aromatic rings. The fourth-order valence-electron chi connectivity index (χ4n) is 3.19. The number of pyridine rings is 1. The summed E-state index contributed by atoms with van der Waals surface area (Å²) >= 11 is 0. The van der Waals surface area contributed by atoms with Gasteiger partial charge in [-0.25, -0.2) is 18.6 Å². The van der Waals surface area contributed by atoms with Gasteiger partial charge in [0, 0.05) is 19.1 Å². The summed E-state index contributed by atoms with van der Waals surface area (Å²) in [5.41, 5.74) is -0.0417. The maximum atomic E-state index is 13.7. The van der Waals surface area contributed by atoms with Crippen molar-refractivity contribution in [2.24, 2.45) is 0 Å². The Labute approximate surface area is 166 Å². The van der Waals surface area contributed by atoms with E-state index in [0.29, 0.717) is 12.8 Å². The standard InChI is InChI=1S/C20H22F2N4O3/c1-23-20(28)26-15-6-4-14(5-7-15)25-18(27)17-10-13(22)11-24-19(17)29-16-8-2-12(21)3-9-16/h2-3,8-11,14-15H,4-7H2,1H3,(H,25,27)(H2,23,26,28). The van der Waals surface area contributed by atoms with Crippen molar-refractivity contribution in [3.8, 4) is 11.6 Å². The predicted octanol–water partition coefficient (Wildman–Crippen LogP) is 3.12. The number of carbonyl (C=O) groups excluding carboxylic acids is 2. The number of amides is 3. The summed E-state index contributed by atoms with van der Waals surface area (Å²) < 4.78 is 32.3. The van der Waals surface area contributed by atoms with Gasteiger partial charge in [-0.2, -0.15) is 0 Å². The molecule has 0 unspecified atom stereocenters. The number of carbonyl (C=O) groups is 2. The third-order valence-electron chi connectivity index (χ3n) is 4.72. The lowest BCUT2D eigenvalue weighted by Gasteiger charge is -2.29. The van der Waals surface area contributed by atoms with Crippen LogP contribution in [0, 0.1) is 11.6 Å². The number of rotatable bonds is 5. The second-order valence-electron chi connectivity index (χ2n) is 6.81. The fraction of sp³-hybridized carbons (Fsp3) is 0.350. The quantitative estimate of drug-likeness (QED) is 0.714. The minimum Gasteiger partial charge on any atom is -0.438 e. The molecule has 1 fully saturated rings. The molecule has 3 rings (SSSR count). The van der Waals surface area contributed by atoms with E-state index < -0.39 is 17.5 Å². The van der Waals surface area contributed by atoms with E-state index in [1.54, 1.807) is 7.05 Å². The molecular weight excluding hydrogens is 382 g/mol. The first-order chi connectivity index (χ1) is 13.9. The number of aromatic nitrogens is 1. The van der Waals surface area contributed by atoms with E-state index in [4.69, 9.17) is 4.74 Å². The van der Waals surface area contributed by atoms with Crippen LogP contribution in [-0.4, -0.2) is 36.1 Å². The van der Waals surface area contributed by atoms with E-state index in [-0.39, 0.29) is 35.3 Å². The van der Waals surface area contributed by atoms with Crippen molar-refractivity contribution in [1.82, 2.24) is 20.9 Å². The van der Waals surface area contributed by atoms with Gasteiger partial charge in [-0.3, -0.25) is 4.79 Å². The Morgan fingerprint density at radius 2 is 1.62 bits per heavy atom. The molecule has 154 valence electrons. The summed E-state index contributed by atoms with van der Waals surface area (Å²) in [6.45, 7) is 0. The van der Waals surface area contributed by atoms with E-state index in [1.165, 1.54) is 24.3 Å². The number of benzene rings is 1. The zero-order chi connectivity index (χ0) is 20.8. The molecule has 7 nitrogen and oxygen atoms in total. The second kappa shape index (κ2) is 9.31. The number of urea groups is 1. The van der Waals surface area contributed by atoms with Gasteiger partial charge in [0.15, 0.2) is 0 Å². The number of halogens is 2. The molecule has 0 atom stereocenters. The maximum absolute atomic E-state index is 13.7. The van der Waals surface area contributed by atoms with E-state index in [2.05, 4.69) is 20.9 Å². The van der Waals surface area contributed by atoms with Gasteiger partial charge in [0.1, 0.15) is 22.9 Å². The van der Waals surface area contributed by atoms with E-state index in [9.17, 15) is 18.4 Å². The lowest BCUT2D eigenvalue weighted by molar-refractivity contribution is 0.0920. The topological polar surface area (TPSA) is 92.4 Å². The molecule has 29 heavy (non-hydrogen) atoms. The van der Waals surface area contributed by atoms with Crippen LogP contribution in [-0.2, 0) is 0 Å². The summed E-state index contributed by atoms with van der Waals surface area (Å²) in [6.07, 6.45) is 3.75. The van der Waals surface area contributed by atoms with Crippen molar-refractivity contribution in [2.75, 3.05) is 7.05 Å². The highest BCUT2D eigenvalue weighted by Crippen LogP contribution is 2.25. The van der Waals surface area contributed by atoms with Crippen LogP contribution in [0.15, 0.2) is 36.5 Å². The average molecular weight is 404 g/mol. The number of nitrogens with zero attached hydrogens (tertiary/aromatic N) is 1. The molecule has 0 radical (unpaired) electrons. The van der Waals surface area contributed by atoms with Gasteiger partial charge in [-0.15, -0.1) is 0 Å². The van der Waals surface area contributed by atoms with Crippen molar-refractivity contribution < 1.29 is 23.1 Å². The molecule has 0 aliphatic heterocycles. The van der Waals surface area contributed by atoms with Crippen molar-refractivity contribution in [1.29, 1.82) is 0 Å². The predicted molar refractivity (Wildman–Crippen MR) is 102 cm³/mol. The van der Waals surface area contributed by atoms with Crippen molar-refractivity contribution in [2.45, 2.75) is 37.8 Å². The van der Waals surface area contributed by atoms with Gasteiger partial charge in [0.2, 0.25) is 5.88 Å². The Kier molecular flexibility index (Phi) is 6.58. The molecule has 0 bridgehead atoms. The van der Waals surface area contributed by atoms with Crippen LogP contribution in [0.2, 0.25) is 0 Å².